The first-order valence-electron chi connectivity index (χ1n) is 15.9. The summed E-state index contributed by atoms with van der Waals surface area (Å²) in [4.78, 5) is 56.7. The van der Waals surface area contributed by atoms with Crippen LogP contribution < -0.4 is 74.2 Å². The van der Waals surface area contributed by atoms with Crippen molar-refractivity contribution in [1.82, 2.24) is 5.32 Å². The van der Waals surface area contributed by atoms with Crippen molar-refractivity contribution in [1.29, 1.82) is 0 Å². The fourth-order valence-electron chi connectivity index (χ4n) is 4.45. The number of carbonyl (C=O) groups is 3. The Kier molecular flexibility index (Phi) is 37.7. The Morgan fingerprint density at radius 3 is 1.51 bits per heavy atom. The number of phosphoric ester groups is 1. The summed E-state index contributed by atoms with van der Waals surface area (Å²) in [5.74, 6) is -0.955. The number of nitrogens with one attached hydrogen (secondary N) is 1. The number of ether oxygens (including phenoxy) is 2. The molecule has 1 amide bonds. The molecule has 0 fully saturated rings. The summed E-state index contributed by atoms with van der Waals surface area (Å²) in [5.41, 5.74) is 0. The molecule has 0 aromatic heterocycles. The van der Waals surface area contributed by atoms with E-state index >= 15 is 0 Å². The number of unbranched alkanes of at least 4 members (excludes halogenated alkanes) is 17. The SMILES string of the molecule is CCCCCCCCCC(=O)O[C@H](COC(=O)CCCCCCCCCCCCCCNC(C)=O)COP(=O)([O-])[O-].[Na+].[Na+]. The maximum Gasteiger partial charge on any atom is 1.00 e. The maximum absolute atomic E-state index is 12.1. The molecule has 1 N–H and O–H groups in total. The van der Waals surface area contributed by atoms with Gasteiger partial charge in [-0.05, 0) is 19.3 Å². The molecule has 1 atom stereocenters. The number of carbonyl (C=O) groups excluding carboxylic acids is 3. The van der Waals surface area contributed by atoms with Gasteiger partial charge in [0.15, 0.2) is 6.10 Å². The topological polar surface area (TPSA) is 154 Å². The van der Waals surface area contributed by atoms with Gasteiger partial charge < -0.3 is 33.7 Å². The first-order valence-corrected chi connectivity index (χ1v) is 17.4. The van der Waals surface area contributed by atoms with E-state index in [9.17, 15) is 28.7 Å². The van der Waals surface area contributed by atoms with Crippen molar-refractivity contribution in [3.8, 4) is 0 Å². The number of rotatable bonds is 29. The predicted molar refractivity (Wildman–Crippen MR) is 156 cm³/mol. The molecule has 0 saturated carbocycles. The van der Waals surface area contributed by atoms with Crippen LogP contribution >= 0.6 is 7.82 Å². The molecular formula is C30H56NNa2O9P. The van der Waals surface area contributed by atoms with Gasteiger partial charge in [0.05, 0.1) is 14.4 Å². The molecule has 0 aliphatic rings. The zero-order valence-corrected chi connectivity index (χ0v) is 32.6. The van der Waals surface area contributed by atoms with Gasteiger partial charge in [0, 0.05) is 26.3 Å². The molecule has 13 heteroatoms. The zero-order chi connectivity index (χ0) is 30.6. The van der Waals surface area contributed by atoms with Crippen molar-refractivity contribution >= 4 is 25.7 Å². The summed E-state index contributed by atoms with van der Waals surface area (Å²) < 4.78 is 25.5. The molecule has 0 aliphatic heterocycles. The van der Waals surface area contributed by atoms with Crippen molar-refractivity contribution in [2.24, 2.45) is 0 Å². The van der Waals surface area contributed by atoms with Crippen LogP contribution in [0.4, 0.5) is 0 Å². The van der Waals surface area contributed by atoms with Gasteiger partial charge in [0.2, 0.25) is 5.91 Å². The Hall–Kier alpha value is 0.520. The van der Waals surface area contributed by atoms with Crippen LogP contribution in [0, 0.1) is 0 Å². The standard InChI is InChI=1S/C30H58NO9P.2Na/c1-3-4-5-6-13-17-20-23-30(34)40-28(26-39-41(35,36)37)25-38-29(33)22-19-16-14-11-9-7-8-10-12-15-18-21-24-31-27(2)32;;/h28H,3-26H2,1-2H3,(H,31,32)(H2,35,36,37);;/q;2*+1/p-2/t28-;;/m1../s1. The van der Waals surface area contributed by atoms with E-state index < -0.39 is 32.5 Å². The van der Waals surface area contributed by atoms with Gasteiger partial charge in [0.1, 0.15) is 6.61 Å². The average Bonchev–Trinajstić information content (AvgIpc) is 2.91. The van der Waals surface area contributed by atoms with Crippen LogP contribution in [0.5, 0.6) is 0 Å². The van der Waals surface area contributed by atoms with Crippen molar-refractivity contribution in [2.75, 3.05) is 19.8 Å². The first kappa shape index (κ1) is 47.9. The average molecular weight is 652 g/mol. The molecule has 10 nitrogen and oxygen atoms in total. The predicted octanol–water partition coefficient (Wildman–Crippen LogP) is -0.357. The molecular weight excluding hydrogens is 595 g/mol. The summed E-state index contributed by atoms with van der Waals surface area (Å²) in [6.45, 7) is 3.45. The first-order chi connectivity index (χ1) is 19.6. The smallest absolute Gasteiger partial charge is 0.790 e. The maximum atomic E-state index is 12.1. The van der Waals surface area contributed by atoms with E-state index in [1.165, 1.54) is 57.8 Å². The molecule has 0 spiro atoms. The normalized spacial score (nSPS) is 11.6. The minimum absolute atomic E-state index is 0. The summed E-state index contributed by atoms with van der Waals surface area (Å²) in [6, 6.07) is 0. The second kappa shape index (κ2) is 33.9. The fraction of sp³-hybridized carbons (Fsp3) is 0.900. The van der Waals surface area contributed by atoms with Crippen molar-refractivity contribution in [3.63, 3.8) is 0 Å². The quantitative estimate of drug-likeness (QED) is 0.0495. The molecule has 0 saturated heterocycles. The van der Waals surface area contributed by atoms with Gasteiger partial charge in [-0.25, -0.2) is 0 Å². The molecule has 0 radical (unpaired) electrons. The molecule has 0 aromatic carbocycles. The summed E-state index contributed by atoms with van der Waals surface area (Å²) in [7, 11) is -5.24. The molecule has 242 valence electrons. The number of esters is 2. The minimum atomic E-state index is -5.24. The van der Waals surface area contributed by atoms with Crippen molar-refractivity contribution < 1.29 is 102 Å². The van der Waals surface area contributed by atoms with Crippen LogP contribution in [0.15, 0.2) is 0 Å². The number of hydrogen-bond acceptors (Lipinski definition) is 9. The van der Waals surface area contributed by atoms with Gasteiger partial charge >= 0.3 is 71.1 Å². The molecule has 0 bridgehead atoms. The van der Waals surface area contributed by atoms with E-state index in [2.05, 4.69) is 16.8 Å². The van der Waals surface area contributed by atoms with Gasteiger partial charge in [-0.2, -0.15) is 0 Å². The van der Waals surface area contributed by atoms with Gasteiger partial charge in [-0.15, -0.1) is 0 Å². The van der Waals surface area contributed by atoms with E-state index in [0.29, 0.717) is 12.8 Å². The summed E-state index contributed by atoms with van der Waals surface area (Å²) in [6.07, 6.45) is 19.8. The summed E-state index contributed by atoms with van der Waals surface area (Å²) in [5, 5.41) is 2.82. The van der Waals surface area contributed by atoms with E-state index in [4.69, 9.17) is 9.47 Å². The van der Waals surface area contributed by atoms with Crippen LogP contribution in [-0.2, 0) is 32.9 Å². The Labute approximate surface area is 305 Å². The Morgan fingerprint density at radius 2 is 1.07 bits per heavy atom. The Bertz CT molecular complexity index is 726. The van der Waals surface area contributed by atoms with E-state index in [1.807, 2.05) is 0 Å². The van der Waals surface area contributed by atoms with Crippen LogP contribution in [0.25, 0.3) is 0 Å². The number of phosphoric acid groups is 1. The monoisotopic (exact) mass is 651 g/mol. The Morgan fingerprint density at radius 1 is 0.651 bits per heavy atom. The zero-order valence-electron chi connectivity index (χ0n) is 27.7. The van der Waals surface area contributed by atoms with Gasteiger partial charge in [-0.3, -0.25) is 14.4 Å². The van der Waals surface area contributed by atoms with Crippen LogP contribution in [-0.4, -0.2) is 43.7 Å². The third-order valence-corrected chi connectivity index (χ3v) is 7.28. The summed E-state index contributed by atoms with van der Waals surface area (Å²) >= 11 is 0. The molecule has 0 aliphatic carbocycles. The minimum Gasteiger partial charge on any atom is -0.790 e. The van der Waals surface area contributed by atoms with Crippen LogP contribution in [0.1, 0.15) is 149 Å². The van der Waals surface area contributed by atoms with Crippen molar-refractivity contribution in [3.05, 3.63) is 0 Å². The molecule has 0 rings (SSSR count). The van der Waals surface area contributed by atoms with E-state index in [1.54, 1.807) is 6.92 Å². The third-order valence-electron chi connectivity index (χ3n) is 6.81. The number of amides is 1. The van der Waals surface area contributed by atoms with Crippen molar-refractivity contribution in [2.45, 2.75) is 155 Å². The van der Waals surface area contributed by atoms with E-state index in [0.717, 1.165) is 57.9 Å². The largest absolute Gasteiger partial charge is 1.00 e. The fourth-order valence-corrected chi connectivity index (χ4v) is 4.80. The Balaban J connectivity index is -0.00000800. The third kappa shape index (κ3) is 38.6. The van der Waals surface area contributed by atoms with Crippen LogP contribution in [0.2, 0.25) is 0 Å². The second-order valence-corrected chi connectivity index (χ2v) is 12.0. The molecule has 0 aromatic rings. The van der Waals surface area contributed by atoms with E-state index in [-0.39, 0.29) is 84.5 Å². The molecule has 43 heavy (non-hydrogen) atoms. The number of hydrogen-bond donors (Lipinski definition) is 1. The molecule has 0 heterocycles. The van der Waals surface area contributed by atoms with Crippen LogP contribution in [0.3, 0.4) is 0 Å². The second-order valence-electron chi connectivity index (χ2n) is 10.9. The van der Waals surface area contributed by atoms with Gasteiger partial charge in [-0.1, -0.05) is 110 Å². The van der Waals surface area contributed by atoms with Gasteiger partial charge in [0.25, 0.3) is 0 Å². The molecule has 0 unspecified atom stereocenters.